The Morgan fingerprint density at radius 1 is 1.47 bits per heavy atom. The van der Waals surface area contributed by atoms with Gasteiger partial charge in [0.25, 0.3) is 5.91 Å². The van der Waals surface area contributed by atoms with Crippen LogP contribution in [0.15, 0.2) is 18.2 Å². The summed E-state index contributed by atoms with van der Waals surface area (Å²) < 4.78 is 13.0. The molecule has 0 aromatic heterocycles. The highest BCUT2D eigenvalue weighted by Crippen LogP contribution is 2.26. The molecule has 0 aliphatic carbocycles. The lowest BCUT2D eigenvalue weighted by Crippen LogP contribution is -2.35. The molecule has 0 bridgehead atoms. The molecule has 1 aromatic carbocycles. The highest BCUT2D eigenvalue weighted by atomic mass is 35.5. The fourth-order valence-electron chi connectivity index (χ4n) is 2.53. The molecule has 0 N–H and O–H groups in total. The first kappa shape index (κ1) is 14.6. The maximum atomic E-state index is 13.0. The van der Waals surface area contributed by atoms with Crippen LogP contribution in [0.5, 0.6) is 0 Å². The molecule has 2 rings (SSSR count). The van der Waals surface area contributed by atoms with Crippen molar-refractivity contribution in [3.8, 4) is 0 Å². The molecular formula is C14H16Cl2FNO. The molecule has 0 radical (unpaired) electrons. The molecule has 19 heavy (non-hydrogen) atoms. The van der Waals surface area contributed by atoms with Crippen LogP contribution in [0.2, 0.25) is 5.02 Å². The summed E-state index contributed by atoms with van der Waals surface area (Å²) in [5, 5.41) is 0.174. The molecule has 0 saturated carbocycles. The lowest BCUT2D eigenvalue weighted by molar-refractivity contribution is 0.0730. The van der Waals surface area contributed by atoms with Gasteiger partial charge in [0.2, 0.25) is 0 Å². The van der Waals surface area contributed by atoms with Crippen LogP contribution in [-0.4, -0.2) is 29.3 Å². The van der Waals surface area contributed by atoms with Gasteiger partial charge in [-0.05, 0) is 43.9 Å². The number of rotatable bonds is 4. The fourth-order valence-corrected chi connectivity index (χ4v) is 2.94. The second-order valence-electron chi connectivity index (χ2n) is 4.75. The van der Waals surface area contributed by atoms with Crippen molar-refractivity contribution >= 4 is 29.1 Å². The normalized spacial score (nSPS) is 18.9. The Kier molecular flexibility index (Phi) is 5.06. The van der Waals surface area contributed by atoms with Crippen LogP contribution >= 0.6 is 23.2 Å². The molecule has 1 heterocycles. The Morgan fingerprint density at radius 3 is 2.95 bits per heavy atom. The van der Waals surface area contributed by atoms with E-state index in [4.69, 9.17) is 23.2 Å². The van der Waals surface area contributed by atoms with Crippen molar-refractivity contribution in [3.05, 3.63) is 34.6 Å². The number of amides is 1. The lowest BCUT2D eigenvalue weighted by Gasteiger charge is -2.25. The predicted molar refractivity (Wildman–Crippen MR) is 75.4 cm³/mol. The summed E-state index contributed by atoms with van der Waals surface area (Å²) in [7, 11) is 0. The van der Waals surface area contributed by atoms with Crippen LogP contribution in [0.3, 0.4) is 0 Å². The molecule has 2 nitrogen and oxygen atoms in total. The zero-order valence-electron chi connectivity index (χ0n) is 10.5. The van der Waals surface area contributed by atoms with Crippen molar-refractivity contribution in [1.29, 1.82) is 0 Å². The second kappa shape index (κ2) is 6.58. The number of hydrogen-bond donors (Lipinski definition) is 0. The third-order valence-electron chi connectivity index (χ3n) is 3.47. The minimum absolute atomic E-state index is 0.109. The highest BCUT2D eigenvalue weighted by molar-refractivity contribution is 6.33. The van der Waals surface area contributed by atoms with Crippen LogP contribution < -0.4 is 0 Å². The maximum Gasteiger partial charge on any atom is 0.255 e. The van der Waals surface area contributed by atoms with Gasteiger partial charge in [-0.3, -0.25) is 4.79 Å². The number of likely N-dealkylation sites (tertiary alicyclic amines) is 1. The smallest absolute Gasteiger partial charge is 0.255 e. The Bertz CT molecular complexity index is 467. The molecule has 104 valence electrons. The van der Waals surface area contributed by atoms with E-state index in [9.17, 15) is 9.18 Å². The molecule has 1 unspecified atom stereocenters. The van der Waals surface area contributed by atoms with Gasteiger partial charge in [0.15, 0.2) is 0 Å². The Hall–Kier alpha value is -0.800. The van der Waals surface area contributed by atoms with Crippen LogP contribution in [0.4, 0.5) is 4.39 Å². The SMILES string of the molecule is O=C(c1ccc(F)cc1Cl)N1CCCC1CCCCl. The summed E-state index contributed by atoms with van der Waals surface area (Å²) >= 11 is 11.6. The highest BCUT2D eigenvalue weighted by Gasteiger charge is 2.29. The standard InChI is InChI=1S/C14H16Cl2FNO/c15-7-1-3-11-4-2-8-18(11)14(19)12-6-5-10(17)9-13(12)16/h5-6,9,11H,1-4,7-8H2. The van der Waals surface area contributed by atoms with Crippen LogP contribution in [-0.2, 0) is 0 Å². The van der Waals surface area contributed by atoms with Gasteiger partial charge in [0.1, 0.15) is 5.82 Å². The van der Waals surface area contributed by atoms with E-state index in [1.54, 1.807) is 0 Å². The van der Waals surface area contributed by atoms with E-state index in [0.717, 1.165) is 32.2 Å². The molecule has 1 atom stereocenters. The van der Waals surface area contributed by atoms with Crippen molar-refractivity contribution in [2.45, 2.75) is 31.7 Å². The second-order valence-corrected chi connectivity index (χ2v) is 5.54. The molecule has 1 amide bonds. The first-order chi connectivity index (χ1) is 9.13. The molecule has 1 aliphatic rings. The van der Waals surface area contributed by atoms with Crippen LogP contribution in [0.1, 0.15) is 36.0 Å². The zero-order valence-corrected chi connectivity index (χ0v) is 12.1. The minimum atomic E-state index is -0.429. The van der Waals surface area contributed by atoms with E-state index in [1.807, 2.05) is 4.90 Å². The monoisotopic (exact) mass is 303 g/mol. The summed E-state index contributed by atoms with van der Waals surface area (Å²) in [5.74, 6) is 0.0688. The number of carbonyl (C=O) groups is 1. The number of alkyl halides is 1. The average molecular weight is 304 g/mol. The summed E-state index contributed by atoms with van der Waals surface area (Å²) in [6, 6.07) is 4.13. The Labute approximate surface area is 122 Å². The van der Waals surface area contributed by atoms with Gasteiger partial charge in [0.05, 0.1) is 10.6 Å². The predicted octanol–water partition coefficient (Wildman–Crippen LogP) is 4.10. The molecule has 1 aromatic rings. The molecular weight excluding hydrogens is 288 g/mol. The fraction of sp³-hybridized carbons (Fsp3) is 0.500. The first-order valence-electron chi connectivity index (χ1n) is 6.45. The summed E-state index contributed by atoms with van der Waals surface area (Å²) in [6.45, 7) is 0.736. The minimum Gasteiger partial charge on any atom is -0.336 e. The van der Waals surface area contributed by atoms with Crippen molar-refractivity contribution in [3.63, 3.8) is 0 Å². The van der Waals surface area contributed by atoms with Gasteiger partial charge < -0.3 is 4.90 Å². The van der Waals surface area contributed by atoms with Crippen molar-refractivity contribution < 1.29 is 9.18 Å². The van der Waals surface area contributed by atoms with Gasteiger partial charge in [-0.15, -0.1) is 11.6 Å². The van der Waals surface area contributed by atoms with E-state index in [-0.39, 0.29) is 17.0 Å². The lowest BCUT2D eigenvalue weighted by atomic mass is 10.1. The largest absolute Gasteiger partial charge is 0.336 e. The third-order valence-corrected chi connectivity index (χ3v) is 4.05. The molecule has 1 fully saturated rings. The Morgan fingerprint density at radius 2 is 2.26 bits per heavy atom. The van der Waals surface area contributed by atoms with Gasteiger partial charge >= 0.3 is 0 Å². The van der Waals surface area contributed by atoms with E-state index in [0.29, 0.717) is 11.4 Å². The topological polar surface area (TPSA) is 20.3 Å². The van der Waals surface area contributed by atoms with Crippen molar-refractivity contribution in [2.24, 2.45) is 0 Å². The quantitative estimate of drug-likeness (QED) is 0.767. The molecule has 1 aliphatic heterocycles. The van der Waals surface area contributed by atoms with Crippen molar-refractivity contribution in [2.75, 3.05) is 12.4 Å². The van der Waals surface area contributed by atoms with E-state index >= 15 is 0 Å². The summed E-state index contributed by atoms with van der Waals surface area (Å²) in [4.78, 5) is 14.3. The molecule has 0 spiro atoms. The number of benzene rings is 1. The van der Waals surface area contributed by atoms with E-state index in [2.05, 4.69) is 0 Å². The molecule has 1 saturated heterocycles. The van der Waals surface area contributed by atoms with Gasteiger partial charge in [-0.1, -0.05) is 11.6 Å². The van der Waals surface area contributed by atoms with E-state index in [1.165, 1.54) is 18.2 Å². The summed E-state index contributed by atoms with van der Waals surface area (Å²) in [5.41, 5.74) is 0.376. The number of halogens is 3. The van der Waals surface area contributed by atoms with Crippen LogP contribution in [0, 0.1) is 5.82 Å². The number of hydrogen-bond acceptors (Lipinski definition) is 1. The maximum absolute atomic E-state index is 13.0. The van der Waals surface area contributed by atoms with Crippen molar-refractivity contribution in [1.82, 2.24) is 4.90 Å². The van der Waals surface area contributed by atoms with Crippen LogP contribution in [0.25, 0.3) is 0 Å². The van der Waals surface area contributed by atoms with Gasteiger partial charge in [-0.2, -0.15) is 0 Å². The molecule has 5 heteroatoms. The van der Waals surface area contributed by atoms with Gasteiger partial charge in [-0.25, -0.2) is 4.39 Å². The third kappa shape index (κ3) is 3.40. The number of nitrogens with zero attached hydrogens (tertiary/aromatic N) is 1. The van der Waals surface area contributed by atoms with Gasteiger partial charge in [0, 0.05) is 18.5 Å². The first-order valence-corrected chi connectivity index (χ1v) is 7.36. The zero-order chi connectivity index (χ0) is 13.8. The number of carbonyl (C=O) groups excluding carboxylic acids is 1. The average Bonchev–Trinajstić information content (AvgIpc) is 2.83. The summed E-state index contributed by atoms with van der Waals surface area (Å²) in [6.07, 6.45) is 3.81. The van der Waals surface area contributed by atoms with E-state index < -0.39 is 5.82 Å². The Balaban J connectivity index is 2.13.